The van der Waals surface area contributed by atoms with Gasteiger partial charge in [0.15, 0.2) is 0 Å². The second-order valence-electron chi connectivity index (χ2n) is 3.65. The molecule has 1 aromatic carbocycles. The largest absolute Gasteiger partial charge is 0.496 e. The van der Waals surface area contributed by atoms with Crippen LogP contribution in [0.4, 0.5) is 5.69 Å². The zero-order valence-electron chi connectivity index (χ0n) is 9.90. The molecule has 0 fully saturated rings. The van der Waals surface area contributed by atoms with Crippen LogP contribution in [0.2, 0.25) is 0 Å². The first-order valence-electron chi connectivity index (χ1n) is 5.51. The number of carbonyl (C=O) groups is 1. The van der Waals surface area contributed by atoms with Gasteiger partial charge in [0.1, 0.15) is 5.75 Å². The summed E-state index contributed by atoms with van der Waals surface area (Å²) in [5, 5.41) is 11.4. The fourth-order valence-electron chi connectivity index (χ4n) is 1.44. The van der Waals surface area contributed by atoms with Crippen molar-refractivity contribution in [3.63, 3.8) is 0 Å². The lowest BCUT2D eigenvalue weighted by Crippen LogP contribution is -2.25. The molecule has 0 aliphatic rings. The van der Waals surface area contributed by atoms with Crippen LogP contribution in [0.25, 0.3) is 0 Å². The third kappa shape index (κ3) is 3.96. The van der Waals surface area contributed by atoms with Crippen molar-refractivity contribution >= 4 is 11.6 Å². The van der Waals surface area contributed by atoms with E-state index in [0.29, 0.717) is 30.0 Å². The van der Waals surface area contributed by atoms with Crippen molar-refractivity contribution in [2.45, 2.75) is 12.8 Å². The SMILES string of the molecule is COc1ccc(N)cc1C(=O)NCCCCO. The molecule has 17 heavy (non-hydrogen) atoms. The second-order valence-corrected chi connectivity index (χ2v) is 3.65. The van der Waals surface area contributed by atoms with Crippen LogP contribution in [0.15, 0.2) is 18.2 Å². The van der Waals surface area contributed by atoms with Crippen LogP contribution in [-0.4, -0.2) is 31.3 Å². The van der Waals surface area contributed by atoms with Crippen LogP contribution in [-0.2, 0) is 0 Å². The number of ether oxygens (including phenoxy) is 1. The molecule has 5 nitrogen and oxygen atoms in total. The van der Waals surface area contributed by atoms with Crippen molar-refractivity contribution in [3.8, 4) is 5.75 Å². The zero-order valence-corrected chi connectivity index (χ0v) is 9.90. The van der Waals surface area contributed by atoms with Crippen LogP contribution in [0.3, 0.4) is 0 Å². The topological polar surface area (TPSA) is 84.6 Å². The highest BCUT2D eigenvalue weighted by Crippen LogP contribution is 2.20. The average molecular weight is 238 g/mol. The molecule has 94 valence electrons. The number of nitrogen functional groups attached to an aromatic ring is 1. The molecule has 0 saturated carbocycles. The summed E-state index contributed by atoms with van der Waals surface area (Å²) in [4.78, 5) is 11.8. The number of aliphatic hydroxyl groups excluding tert-OH is 1. The Hall–Kier alpha value is -1.75. The molecule has 0 unspecified atom stereocenters. The number of rotatable bonds is 6. The van der Waals surface area contributed by atoms with E-state index in [0.717, 1.165) is 6.42 Å². The molecule has 1 amide bonds. The number of hydrogen-bond acceptors (Lipinski definition) is 4. The first-order valence-corrected chi connectivity index (χ1v) is 5.51. The summed E-state index contributed by atoms with van der Waals surface area (Å²) in [7, 11) is 1.51. The van der Waals surface area contributed by atoms with Gasteiger partial charge < -0.3 is 20.9 Å². The van der Waals surface area contributed by atoms with E-state index in [2.05, 4.69) is 5.32 Å². The van der Waals surface area contributed by atoms with E-state index in [9.17, 15) is 4.79 Å². The minimum Gasteiger partial charge on any atom is -0.496 e. The van der Waals surface area contributed by atoms with Gasteiger partial charge in [-0.05, 0) is 31.0 Å². The normalized spacial score (nSPS) is 10.0. The predicted octanol–water partition coefficient (Wildman–Crippen LogP) is 0.780. The maximum Gasteiger partial charge on any atom is 0.255 e. The molecule has 0 aromatic heterocycles. The van der Waals surface area contributed by atoms with E-state index < -0.39 is 0 Å². The Morgan fingerprint density at radius 3 is 2.88 bits per heavy atom. The number of unbranched alkanes of at least 4 members (excludes halogenated alkanes) is 1. The molecule has 0 atom stereocenters. The molecule has 4 N–H and O–H groups in total. The Labute approximate surface area is 101 Å². The molecule has 0 heterocycles. The molecule has 0 spiro atoms. The number of aliphatic hydroxyl groups is 1. The molecule has 0 saturated heterocycles. The number of nitrogens with one attached hydrogen (secondary N) is 1. The van der Waals surface area contributed by atoms with E-state index in [-0.39, 0.29) is 12.5 Å². The Bertz CT molecular complexity index is 380. The van der Waals surface area contributed by atoms with Crippen LogP contribution >= 0.6 is 0 Å². The molecule has 0 radical (unpaired) electrons. The number of nitrogens with two attached hydrogens (primary N) is 1. The van der Waals surface area contributed by atoms with Gasteiger partial charge in [-0.15, -0.1) is 0 Å². The minimum absolute atomic E-state index is 0.136. The van der Waals surface area contributed by atoms with Gasteiger partial charge in [0.25, 0.3) is 5.91 Å². The lowest BCUT2D eigenvalue weighted by molar-refractivity contribution is 0.0949. The fourth-order valence-corrected chi connectivity index (χ4v) is 1.44. The van der Waals surface area contributed by atoms with Crippen LogP contribution in [0, 0.1) is 0 Å². The lowest BCUT2D eigenvalue weighted by Gasteiger charge is -2.09. The quantitative estimate of drug-likeness (QED) is 0.505. The van der Waals surface area contributed by atoms with Gasteiger partial charge in [0.2, 0.25) is 0 Å². The van der Waals surface area contributed by atoms with Crippen LogP contribution < -0.4 is 15.8 Å². The van der Waals surface area contributed by atoms with Gasteiger partial charge in [-0.25, -0.2) is 0 Å². The highest BCUT2D eigenvalue weighted by Gasteiger charge is 2.11. The first-order chi connectivity index (χ1) is 8.19. The summed E-state index contributed by atoms with van der Waals surface area (Å²) in [5.74, 6) is 0.283. The van der Waals surface area contributed by atoms with Gasteiger partial charge in [-0.3, -0.25) is 4.79 Å². The number of amides is 1. The Kier molecular flexibility index (Phi) is 5.29. The number of hydrogen-bond donors (Lipinski definition) is 3. The third-order valence-corrected chi connectivity index (χ3v) is 2.34. The predicted molar refractivity (Wildman–Crippen MR) is 66.1 cm³/mol. The van der Waals surface area contributed by atoms with Gasteiger partial charge in [0, 0.05) is 18.8 Å². The smallest absolute Gasteiger partial charge is 0.255 e. The molecule has 1 aromatic rings. The van der Waals surface area contributed by atoms with Crippen molar-refractivity contribution in [3.05, 3.63) is 23.8 Å². The molecule has 0 aliphatic carbocycles. The van der Waals surface area contributed by atoms with Gasteiger partial charge in [0.05, 0.1) is 12.7 Å². The number of anilines is 1. The monoisotopic (exact) mass is 238 g/mol. The van der Waals surface area contributed by atoms with Gasteiger partial charge in [-0.2, -0.15) is 0 Å². The van der Waals surface area contributed by atoms with E-state index in [1.54, 1.807) is 18.2 Å². The van der Waals surface area contributed by atoms with Crippen LogP contribution in [0.1, 0.15) is 23.2 Å². The summed E-state index contributed by atoms with van der Waals surface area (Å²) in [6.07, 6.45) is 1.42. The zero-order chi connectivity index (χ0) is 12.7. The van der Waals surface area contributed by atoms with E-state index in [1.807, 2.05) is 0 Å². The molecular weight excluding hydrogens is 220 g/mol. The summed E-state index contributed by atoms with van der Waals surface area (Å²) in [5.41, 5.74) is 6.57. The Balaban J connectivity index is 2.64. The maximum absolute atomic E-state index is 11.8. The average Bonchev–Trinajstić information content (AvgIpc) is 2.34. The molecule has 1 rings (SSSR count). The molecule has 0 aliphatic heterocycles. The van der Waals surface area contributed by atoms with Crippen molar-refractivity contribution in [1.82, 2.24) is 5.32 Å². The van der Waals surface area contributed by atoms with Crippen LogP contribution in [0.5, 0.6) is 5.75 Å². The van der Waals surface area contributed by atoms with Crippen molar-refractivity contribution in [1.29, 1.82) is 0 Å². The second kappa shape index (κ2) is 6.75. The summed E-state index contributed by atoms with van der Waals surface area (Å²) in [6.45, 7) is 0.662. The van der Waals surface area contributed by atoms with Crippen molar-refractivity contribution in [2.24, 2.45) is 0 Å². The van der Waals surface area contributed by atoms with Gasteiger partial charge in [-0.1, -0.05) is 0 Å². The van der Waals surface area contributed by atoms with Crippen molar-refractivity contribution in [2.75, 3.05) is 26.0 Å². The standard InChI is InChI=1S/C12H18N2O3/c1-17-11-5-4-9(13)8-10(11)12(16)14-6-2-3-7-15/h4-5,8,15H,2-3,6-7,13H2,1H3,(H,14,16). The highest BCUT2D eigenvalue weighted by atomic mass is 16.5. The lowest BCUT2D eigenvalue weighted by atomic mass is 10.1. The van der Waals surface area contributed by atoms with E-state index in [4.69, 9.17) is 15.6 Å². The molecule has 5 heteroatoms. The number of benzene rings is 1. The van der Waals surface area contributed by atoms with E-state index >= 15 is 0 Å². The maximum atomic E-state index is 11.8. The first kappa shape index (κ1) is 13.3. The Morgan fingerprint density at radius 2 is 2.24 bits per heavy atom. The Morgan fingerprint density at radius 1 is 1.47 bits per heavy atom. The highest BCUT2D eigenvalue weighted by molar-refractivity contribution is 5.97. The summed E-state index contributed by atoms with van der Waals surface area (Å²) >= 11 is 0. The summed E-state index contributed by atoms with van der Waals surface area (Å²) in [6, 6.07) is 4.93. The summed E-state index contributed by atoms with van der Waals surface area (Å²) < 4.78 is 5.09. The number of methoxy groups -OCH3 is 1. The van der Waals surface area contributed by atoms with Crippen molar-refractivity contribution < 1.29 is 14.6 Å². The number of carbonyl (C=O) groups excluding carboxylic acids is 1. The molecule has 0 bridgehead atoms. The fraction of sp³-hybridized carbons (Fsp3) is 0.417. The molecular formula is C12H18N2O3. The third-order valence-electron chi connectivity index (χ3n) is 2.34. The minimum atomic E-state index is -0.216. The van der Waals surface area contributed by atoms with Gasteiger partial charge >= 0.3 is 0 Å². The van der Waals surface area contributed by atoms with E-state index in [1.165, 1.54) is 7.11 Å².